The predicted molar refractivity (Wildman–Crippen MR) is 86.3 cm³/mol. The number of aliphatic hydroxyl groups is 1. The Labute approximate surface area is 125 Å². The minimum atomic E-state index is 0.0519. The molecule has 0 bridgehead atoms. The molecular formula is C17H22N2O2. The monoisotopic (exact) mass is 286 g/mol. The van der Waals surface area contributed by atoms with Crippen molar-refractivity contribution in [1.82, 2.24) is 0 Å². The highest BCUT2D eigenvalue weighted by Gasteiger charge is 2.05. The highest BCUT2D eigenvalue weighted by molar-refractivity contribution is 5.72. The van der Waals surface area contributed by atoms with Crippen LogP contribution in [0.4, 0.5) is 11.4 Å². The number of nitrogens with two attached hydrogens (primary N) is 1. The molecule has 2 aromatic rings. The number of ether oxygens (including phenoxy) is 1. The maximum absolute atomic E-state index is 9.15. The number of nitrogens with one attached hydrogen (secondary N) is 1. The molecule has 0 atom stereocenters. The fourth-order valence-electron chi connectivity index (χ4n) is 2.07. The predicted octanol–water partition coefficient (Wildman–Crippen LogP) is 3.16. The Hall–Kier alpha value is -2.20. The van der Waals surface area contributed by atoms with E-state index in [0.29, 0.717) is 24.6 Å². The van der Waals surface area contributed by atoms with Gasteiger partial charge in [0.1, 0.15) is 5.75 Å². The molecule has 0 unspecified atom stereocenters. The average molecular weight is 286 g/mol. The van der Waals surface area contributed by atoms with Crippen molar-refractivity contribution in [3.8, 4) is 5.75 Å². The van der Waals surface area contributed by atoms with E-state index in [-0.39, 0.29) is 6.61 Å². The first-order valence-corrected chi connectivity index (χ1v) is 7.18. The van der Waals surface area contributed by atoms with Gasteiger partial charge in [-0.3, -0.25) is 0 Å². The SMILES string of the molecule is CCCOc1cccc(NCc2cccc(CO)c2)c1N. The summed E-state index contributed by atoms with van der Waals surface area (Å²) >= 11 is 0. The molecule has 0 aliphatic heterocycles. The van der Waals surface area contributed by atoms with Gasteiger partial charge in [-0.1, -0.05) is 37.3 Å². The molecule has 4 heteroatoms. The van der Waals surface area contributed by atoms with Crippen LogP contribution in [-0.4, -0.2) is 11.7 Å². The highest BCUT2D eigenvalue weighted by atomic mass is 16.5. The van der Waals surface area contributed by atoms with E-state index in [2.05, 4.69) is 12.2 Å². The van der Waals surface area contributed by atoms with E-state index in [0.717, 1.165) is 23.2 Å². The number of para-hydroxylation sites is 1. The zero-order chi connectivity index (χ0) is 15.1. The van der Waals surface area contributed by atoms with E-state index in [9.17, 15) is 0 Å². The lowest BCUT2D eigenvalue weighted by Gasteiger charge is -2.14. The van der Waals surface area contributed by atoms with Crippen LogP contribution >= 0.6 is 0 Å². The van der Waals surface area contributed by atoms with Gasteiger partial charge in [0, 0.05) is 6.54 Å². The number of hydrogen-bond acceptors (Lipinski definition) is 4. The van der Waals surface area contributed by atoms with Gasteiger partial charge in [-0.15, -0.1) is 0 Å². The fraction of sp³-hybridized carbons (Fsp3) is 0.294. The first-order chi connectivity index (χ1) is 10.2. The summed E-state index contributed by atoms with van der Waals surface area (Å²) in [6.07, 6.45) is 0.949. The summed E-state index contributed by atoms with van der Waals surface area (Å²) < 4.78 is 5.62. The Morgan fingerprint density at radius 2 is 1.90 bits per heavy atom. The van der Waals surface area contributed by atoms with Crippen molar-refractivity contribution in [3.05, 3.63) is 53.6 Å². The second-order valence-corrected chi connectivity index (χ2v) is 4.90. The molecule has 4 N–H and O–H groups in total. The summed E-state index contributed by atoms with van der Waals surface area (Å²) in [5.41, 5.74) is 9.61. The van der Waals surface area contributed by atoms with Crippen LogP contribution in [0.15, 0.2) is 42.5 Å². The summed E-state index contributed by atoms with van der Waals surface area (Å²) in [6.45, 7) is 3.42. The van der Waals surface area contributed by atoms with Gasteiger partial charge in [-0.25, -0.2) is 0 Å². The summed E-state index contributed by atoms with van der Waals surface area (Å²) in [4.78, 5) is 0. The van der Waals surface area contributed by atoms with Gasteiger partial charge in [0.25, 0.3) is 0 Å². The molecule has 2 rings (SSSR count). The number of benzene rings is 2. The van der Waals surface area contributed by atoms with E-state index in [1.165, 1.54) is 0 Å². The third-order valence-corrected chi connectivity index (χ3v) is 3.18. The van der Waals surface area contributed by atoms with E-state index in [4.69, 9.17) is 15.6 Å². The molecule has 0 aliphatic carbocycles. The summed E-state index contributed by atoms with van der Waals surface area (Å²) in [6, 6.07) is 13.6. The van der Waals surface area contributed by atoms with Gasteiger partial charge in [0.15, 0.2) is 0 Å². The number of anilines is 2. The first kappa shape index (κ1) is 15.2. The van der Waals surface area contributed by atoms with Crippen molar-refractivity contribution in [2.24, 2.45) is 0 Å². The molecule has 0 heterocycles. The molecule has 0 spiro atoms. The molecule has 2 aromatic carbocycles. The lowest BCUT2D eigenvalue weighted by molar-refractivity contribution is 0.281. The topological polar surface area (TPSA) is 67.5 Å². The van der Waals surface area contributed by atoms with Gasteiger partial charge >= 0.3 is 0 Å². The summed E-state index contributed by atoms with van der Waals surface area (Å²) in [7, 11) is 0. The maximum atomic E-state index is 9.15. The lowest BCUT2D eigenvalue weighted by atomic mass is 10.1. The highest BCUT2D eigenvalue weighted by Crippen LogP contribution is 2.29. The zero-order valence-corrected chi connectivity index (χ0v) is 12.3. The van der Waals surface area contributed by atoms with Crippen molar-refractivity contribution in [2.45, 2.75) is 26.5 Å². The molecule has 0 saturated heterocycles. The standard InChI is InChI=1S/C17H22N2O2/c1-2-9-21-16-8-4-7-15(17(16)18)19-11-13-5-3-6-14(10-13)12-20/h3-8,10,19-20H,2,9,11-12,18H2,1H3. The Morgan fingerprint density at radius 1 is 1.14 bits per heavy atom. The van der Waals surface area contributed by atoms with Crippen LogP contribution in [0.25, 0.3) is 0 Å². The van der Waals surface area contributed by atoms with E-state index >= 15 is 0 Å². The molecule has 21 heavy (non-hydrogen) atoms. The molecule has 0 amide bonds. The molecule has 0 radical (unpaired) electrons. The van der Waals surface area contributed by atoms with Gasteiger partial charge in [-0.2, -0.15) is 0 Å². The summed E-state index contributed by atoms with van der Waals surface area (Å²) in [5.74, 6) is 0.714. The zero-order valence-electron chi connectivity index (χ0n) is 12.3. The van der Waals surface area contributed by atoms with E-state index in [1.807, 2.05) is 42.5 Å². The van der Waals surface area contributed by atoms with Gasteiger partial charge in [-0.05, 0) is 29.7 Å². The largest absolute Gasteiger partial charge is 0.491 e. The van der Waals surface area contributed by atoms with Crippen LogP contribution in [0.5, 0.6) is 5.75 Å². The molecule has 112 valence electrons. The Balaban J connectivity index is 2.05. The van der Waals surface area contributed by atoms with E-state index < -0.39 is 0 Å². The Bertz CT molecular complexity index is 585. The third-order valence-electron chi connectivity index (χ3n) is 3.18. The van der Waals surface area contributed by atoms with Gasteiger partial charge in [0.2, 0.25) is 0 Å². The molecular weight excluding hydrogens is 264 g/mol. The number of aliphatic hydroxyl groups excluding tert-OH is 1. The molecule has 0 aromatic heterocycles. The average Bonchev–Trinajstić information content (AvgIpc) is 2.53. The quantitative estimate of drug-likeness (QED) is 0.684. The van der Waals surface area contributed by atoms with Crippen LogP contribution in [0.1, 0.15) is 24.5 Å². The van der Waals surface area contributed by atoms with Crippen LogP contribution < -0.4 is 15.8 Å². The summed E-state index contributed by atoms with van der Waals surface area (Å²) in [5, 5.41) is 12.5. The molecule has 4 nitrogen and oxygen atoms in total. The molecule has 0 saturated carbocycles. The number of nitrogen functional groups attached to an aromatic ring is 1. The van der Waals surface area contributed by atoms with Crippen molar-refractivity contribution < 1.29 is 9.84 Å². The minimum absolute atomic E-state index is 0.0519. The van der Waals surface area contributed by atoms with Gasteiger partial charge in [0.05, 0.1) is 24.6 Å². The lowest BCUT2D eigenvalue weighted by Crippen LogP contribution is -2.05. The third kappa shape index (κ3) is 4.13. The number of rotatable bonds is 7. The van der Waals surface area contributed by atoms with Crippen LogP contribution in [0, 0.1) is 0 Å². The van der Waals surface area contributed by atoms with Gasteiger partial charge < -0.3 is 20.9 Å². The van der Waals surface area contributed by atoms with E-state index in [1.54, 1.807) is 0 Å². The van der Waals surface area contributed by atoms with Crippen molar-refractivity contribution in [2.75, 3.05) is 17.7 Å². The van der Waals surface area contributed by atoms with Crippen molar-refractivity contribution in [3.63, 3.8) is 0 Å². The minimum Gasteiger partial charge on any atom is -0.491 e. The van der Waals surface area contributed by atoms with Crippen LogP contribution in [0.2, 0.25) is 0 Å². The van der Waals surface area contributed by atoms with Crippen LogP contribution in [0.3, 0.4) is 0 Å². The second-order valence-electron chi connectivity index (χ2n) is 4.90. The Morgan fingerprint density at radius 3 is 2.67 bits per heavy atom. The Kier molecular flexibility index (Phi) is 5.46. The normalized spacial score (nSPS) is 10.4. The molecule has 0 fully saturated rings. The van der Waals surface area contributed by atoms with Crippen molar-refractivity contribution >= 4 is 11.4 Å². The molecule has 0 aliphatic rings. The maximum Gasteiger partial charge on any atom is 0.144 e. The van der Waals surface area contributed by atoms with Crippen molar-refractivity contribution in [1.29, 1.82) is 0 Å². The fourth-order valence-corrected chi connectivity index (χ4v) is 2.07. The number of hydrogen-bond donors (Lipinski definition) is 3. The first-order valence-electron chi connectivity index (χ1n) is 7.18. The van der Waals surface area contributed by atoms with Crippen LogP contribution in [-0.2, 0) is 13.2 Å². The second kappa shape index (κ2) is 7.55. The smallest absolute Gasteiger partial charge is 0.144 e.